The average Bonchev–Trinajstić information content (AvgIpc) is 2.76. The topological polar surface area (TPSA) is 112 Å². The van der Waals surface area contributed by atoms with Crippen LogP contribution >= 0.6 is 0 Å². The van der Waals surface area contributed by atoms with Crippen LogP contribution in [0, 0.1) is 0 Å². The molecule has 202 valence electrons. The van der Waals surface area contributed by atoms with Crippen molar-refractivity contribution < 1.29 is 38.7 Å². The first-order valence-corrected chi connectivity index (χ1v) is 18.9. The summed E-state index contributed by atoms with van der Waals surface area (Å²) in [6.45, 7) is 22.7. The van der Waals surface area contributed by atoms with Gasteiger partial charge in [-0.05, 0) is 36.4 Å². The summed E-state index contributed by atoms with van der Waals surface area (Å²) in [4.78, 5) is 23.2. The maximum absolute atomic E-state index is 11.6. The predicted octanol–water partition coefficient (Wildman–Crippen LogP) is 2.49. The minimum atomic E-state index is -1.92. The van der Waals surface area contributed by atoms with Crippen molar-refractivity contribution in [2.75, 3.05) is 26.4 Å². The van der Waals surface area contributed by atoms with Crippen LogP contribution in [0.15, 0.2) is 36.4 Å². The Balaban J connectivity index is 3.12. The number of carbonyl (C=O) groups excluding carboxylic acids is 2. The monoisotopic (exact) mass is 538 g/mol. The summed E-state index contributed by atoms with van der Waals surface area (Å²) in [5.74, 6) is 0.215. The highest BCUT2D eigenvalue weighted by atomic mass is 28.3. The van der Waals surface area contributed by atoms with Gasteiger partial charge in [0.1, 0.15) is 50.1 Å². The molecule has 0 amide bonds. The van der Waals surface area contributed by atoms with Gasteiger partial charge in [-0.2, -0.15) is 0 Å². The van der Waals surface area contributed by atoms with Crippen molar-refractivity contribution in [3.63, 3.8) is 0 Å². The predicted molar refractivity (Wildman–Crippen MR) is 147 cm³/mol. The summed E-state index contributed by atoms with van der Waals surface area (Å²) < 4.78 is 22.1. The molecule has 1 aromatic carbocycles. The van der Waals surface area contributed by atoms with E-state index >= 15 is 0 Å². The Hall–Kier alpha value is -2.41. The third-order valence-corrected chi connectivity index (χ3v) is 9.08. The smallest absolute Gasteiger partial charge is 0.333 e. The highest BCUT2D eigenvalue weighted by Crippen LogP contribution is 2.23. The van der Waals surface area contributed by atoms with Crippen LogP contribution in [0.4, 0.5) is 0 Å². The zero-order chi connectivity index (χ0) is 27.8. The number of carbonyl (C=O) groups is 2. The van der Waals surface area contributed by atoms with Gasteiger partial charge in [0, 0.05) is 11.1 Å². The molecule has 2 unspecified atom stereocenters. The third kappa shape index (κ3) is 10.3. The van der Waals surface area contributed by atoms with E-state index in [0.717, 1.165) is 10.4 Å². The molecule has 0 fully saturated rings. The molecule has 8 nitrogen and oxygen atoms in total. The number of rotatable bonds is 14. The zero-order valence-electron chi connectivity index (χ0n) is 22.9. The second-order valence-electron chi connectivity index (χ2n) is 11.0. The van der Waals surface area contributed by atoms with Gasteiger partial charge in [-0.25, -0.2) is 9.59 Å². The fraction of sp³-hybridized carbons (Fsp3) is 0.538. The normalized spacial score (nSPS) is 13.4. The summed E-state index contributed by atoms with van der Waals surface area (Å²) in [5, 5.41) is 22.6. The Labute approximate surface area is 216 Å². The quantitative estimate of drug-likeness (QED) is 0.211. The van der Waals surface area contributed by atoms with E-state index in [0.29, 0.717) is 11.5 Å². The van der Waals surface area contributed by atoms with Gasteiger partial charge in [-0.15, -0.1) is 0 Å². The number of ether oxygens (including phenoxy) is 4. The summed E-state index contributed by atoms with van der Waals surface area (Å²) in [6, 6.07) is 3.93. The van der Waals surface area contributed by atoms with E-state index in [2.05, 4.69) is 52.4 Å². The lowest BCUT2D eigenvalue weighted by molar-refractivity contribution is -0.143. The summed E-state index contributed by atoms with van der Waals surface area (Å²) in [7, 11) is -3.85. The van der Waals surface area contributed by atoms with Gasteiger partial charge in [0.15, 0.2) is 0 Å². The Bertz CT molecular complexity index is 882. The van der Waals surface area contributed by atoms with E-state index in [4.69, 9.17) is 18.9 Å². The van der Waals surface area contributed by atoms with Gasteiger partial charge in [0.25, 0.3) is 0 Å². The molecule has 0 radical (unpaired) electrons. The van der Waals surface area contributed by atoms with Crippen LogP contribution in [0.3, 0.4) is 0 Å². The van der Waals surface area contributed by atoms with Gasteiger partial charge in [0.05, 0.1) is 16.1 Å². The number of hydrogen-bond donors (Lipinski definition) is 2. The van der Waals surface area contributed by atoms with E-state index in [9.17, 15) is 19.8 Å². The van der Waals surface area contributed by atoms with Gasteiger partial charge in [0.2, 0.25) is 0 Å². The van der Waals surface area contributed by atoms with E-state index in [-0.39, 0.29) is 37.6 Å². The van der Waals surface area contributed by atoms with Crippen LogP contribution in [0.2, 0.25) is 39.3 Å². The molecule has 0 heterocycles. The highest BCUT2D eigenvalue weighted by molar-refractivity contribution is 6.91. The molecule has 2 atom stereocenters. The molecule has 0 saturated heterocycles. The van der Waals surface area contributed by atoms with Crippen molar-refractivity contribution in [1.82, 2.24) is 0 Å². The van der Waals surface area contributed by atoms with Gasteiger partial charge in [-0.1, -0.05) is 52.4 Å². The lowest BCUT2D eigenvalue weighted by Gasteiger charge is -2.28. The molecule has 0 bridgehead atoms. The van der Waals surface area contributed by atoms with Crippen molar-refractivity contribution in [3.8, 4) is 11.5 Å². The largest absolute Gasteiger partial charge is 0.491 e. The maximum atomic E-state index is 11.6. The lowest BCUT2D eigenvalue weighted by atomic mass is 10.3. The first-order chi connectivity index (χ1) is 16.4. The molecular weight excluding hydrogens is 496 g/mol. The van der Waals surface area contributed by atoms with Crippen LogP contribution in [-0.4, -0.2) is 76.9 Å². The first kappa shape index (κ1) is 31.6. The highest BCUT2D eigenvalue weighted by Gasteiger charge is 2.29. The number of benzene rings is 1. The molecule has 2 N–H and O–H groups in total. The Kier molecular flexibility index (Phi) is 11.6. The number of hydrogen-bond acceptors (Lipinski definition) is 8. The lowest BCUT2D eigenvalue weighted by Crippen LogP contribution is -2.45. The maximum Gasteiger partial charge on any atom is 0.333 e. The van der Waals surface area contributed by atoms with Crippen LogP contribution in [0.1, 0.15) is 13.8 Å². The first-order valence-electron chi connectivity index (χ1n) is 11.9. The van der Waals surface area contributed by atoms with Crippen molar-refractivity contribution in [1.29, 1.82) is 0 Å². The molecule has 1 aromatic rings. The van der Waals surface area contributed by atoms with Gasteiger partial charge < -0.3 is 29.2 Å². The van der Waals surface area contributed by atoms with Crippen molar-refractivity contribution in [2.24, 2.45) is 0 Å². The van der Waals surface area contributed by atoms with E-state index in [1.807, 2.05) is 12.1 Å². The number of aliphatic hydroxyl groups excluding tert-OH is 2. The Morgan fingerprint density at radius 2 is 1.03 bits per heavy atom. The fourth-order valence-electron chi connectivity index (χ4n) is 3.03. The molecule has 0 aliphatic rings. The van der Waals surface area contributed by atoms with Gasteiger partial charge in [-0.3, -0.25) is 0 Å². The number of aliphatic hydroxyl groups is 2. The summed E-state index contributed by atoms with van der Waals surface area (Å²) in [6.07, 6.45) is -1.99. The minimum absolute atomic E-state index is 0.0426. The second-order valence-corrected chi connectivity index (χ2v) is 21.1. The number of esters is 2. The van der Waals surface area contributed by atoms with Gasteiger partial charge >= 0.3 is 11.9 Å². The van der Waals surface area contributed by atoms with Crippen LogP contribution < -0.4 is 19.8 Å². The zero-order valence-corrected chi connectivity index (χ0v) is 24.9. The second kappa shape index (κ2) is 13.2. The Morgan fingerprint density at radius 1 is 0.722 bits per heavy atom. The average molecular weight is 539 g/mol. The SMILES string of the molecule is C=C(C)C(=O)OCC(O)COc1cc([Si](C)(C)C)c(OCC(O)COC(=O)C(=C)C)cc1[Si](C)(C)C. The Morgan fingerprint density at radius 3 is 1.28 bits per heavy atom. The summed E-state index contributed by atoms with van der Waals surface area (Å²) >= 11 is 0. The summed E-state index contributed by atoms with van der Waals surface area (Å²) in [5.41, 5.74) is 0.525. The molecule has 1 rings (SSSR count). The van der Waals surface area contributed by atoms with E-state index < -0.39 is 40.3 Å². The van der Waals surface area contributed by atoms with Crippen molar-refractivity contribution in [3.05, 3.63) is 36.4 Å². The fourth-order valence-corrected chi connectivity index (χ4v) is 5.92. The molecule has 0 aliphatic heterocycles. The van der Waals surface area contributed by atoms with E-state index in [1.54, 1.807) is 13.8 Å². The van der Waals surface area contributed by atoms with E-state index in [1.165, 1.54) is 0 Å². The molecular formula is C26H42O8Si2. The standard InChI is InChI=1S/C26H42O8Si2/c1-17(2)25(29)33-15-19(27)13-31-21-11-24(36(8,9)10)22(12-23(21)35(5,6)7)32-14-20(28)16-34-26(30)18(3)4/h11-12,19-20,27-28H,1,3,13-16H2,2,4-10H3. The third-order valence-electron chi connectivity index (χ3n) is 5.07. The molecule has 36 heavy (non-hydrogen) atoms. The molecule has 0 spiro atoms. The molecule has 0 aromatic heterocycles. The van der Waals surface area contributed by atoms with Crippen LogP contribution in [0.5, 0.6) is 11.5 Å². The van der Waals surface area contributed by atoms with Crippen LogP contribution in [-0.2, 0) is 19.1 Å². The molecule has 0 saturated carbocycles. The molecule has 10 heteroatoms. The van der Waals surface area contributed by atoms with Crippen molar-refractivity contribution in [2.45, 2.75) is 65.3 Å². The molecule has 0 aliphatic carbocycles. The van der Waals surface area contributed by atoms with Crippen LogP contribution in [0.25, 0.3) is 0 Å². The van der Waals surface area contributed by atoms with Crippen molar-refractivity contribution >= 4 is 38.5 Å². The minimum Gasteiger partial charge on any atom is -0.491 e.